The lowest BCUT2D eigenvalue weighted by atomic mass is 10.1. The number of furan rings is 1. The third-order valence-electron chi connectivity index (χ3n) is 3.50. The third kappa shape index (κ3) is 3.01. The van der Waals surface area contributed by atoms with E-state index in [0.717, 1.165) is 40.7 Å². The standard InChI is InChI=1S/C20H18O/c1-2-3-4-6-10-16-13-9-14-19-18(16)15-20(21-19)17-11-7-5-8-12-17/h5,7-9,11-15H,2-4H2,1H3. The van der Waals surface area contributed by atoms with Crippen LogP contribution in [0.4, 0.5) is 0 Å². The van der Waals surface area contributed by atoms with Crippen molar-refractivity contribution in [1.29, 1.82) is 0 Å². The molecule has 0 amide bonds. The number of hydrogen-bond acceptors (Lipinski definition) is 1. The van der Waals surface area contributed by atoms with E-state index in [1.54, 1.807) is 0 Å². The maximum atomic E-state index is 5.95. The van der Waals surface area contributed by atoms with Crippen LogP contribution in [0.2, 0.25) is 0 Å². The van der Waals surface area contributed by atoms with Crippen molar-refractivity contribution in [3.05, 3.63) is 60.2 Å². The van der Waals surface area contributed by atoms with E-state index in [-0.39, 0.29) is 0 Å². The Hall–Kier alpha value is -2.46. The topological polar surface area (TPSA) is 13.1 Å². The predicted molar refractivity (Wildman–Crippen MR) is 88.1 cm³/mol. The lowest BCUT2D eigenvalue weighted by Gasteiger charge is -1.93. The normalized spacial score (nSPS) is 10.3. The van der Waals surface area contributed by atoms with Gasteiger partial charge in [-0.3, -0.25) is 0 Å². The molecule has 1 heterocycles. The first-order valence-corrected chi connectivity index (χ1v) is 7.45. The van der Waals surface area contributed by atoms with Crippen molar-refractivity contribution in [1.82, 2.24) is 0 Å². The summed E-state index contributed by atoms with van der Waals surface area (Å²) in [5.74, 6) is 7.43. The Balaban J connectivity index is 1.99. The fraction of sp³-hybridized carbons (Fsp3) is 0.200. The van der Waals surface area contributed by atoms with Gasteiger partial charge in [0.1, 0.15) is 11.3 Å². The first kappa shape index (κ1) is 13.5. The van der Waals surface area contributed by atoms with Gasteiger partial charge in [0.05, 0.1) is 0 Å². The summed E-state index contributed by atoms with van der Waals surface area (Å²) >= 11 is 0. The average Bonchev–Trinajstić information content (AvgIpc) is 2.97. The van der Waals surface area contributed by atoms with E-state index in [9.17, 15) is 0 Å². The van der Waals surface area contributed by atoms with Crippen LogP contribution in [0.3, 0.4) is 0 Å². The first-order chi connectivity index (χ1) is 10.4. The molecule has 0 spiro atoms. The van der Waals surface area contributed by atoms with Crippen LogP contribution in [0.25, 0.3) is 22.3 Å². The van der Waals surface area contributed by atoms with Crippen LogP contribution in [0.1, 0.15) is 31.7 Å². The molecule has 0 unspecified atom stereocenters. The largest absolute Gasteiger partial charge is 0.456 e. The van der Waals surface area contributed by atoms with Gasteiger partial charge in [0, 0.05) is 22.9 Å². The lowest BCUT2D eigenvalue weighted by Crippen LogP contribution is -1.75. The Bertz CT molecular complexity index is 785. The highest BCUT2D eigenvalue weighted by Crippen LogP contribution is 2.29. The Kier molecular flexibility index (Phi) is 4.07. The van der Waals surface area contributed by atoms with Crippen LogP contribution in [0, 0.1) is 11.8 Å². The summed E-state index contributed by atoms with van der Waals surface area (Å²) in [5, 5.41) is 1.10. The summed E-state index contributed by atoms with van der Waals surface area (Å²) in [6.45, 7) is 2.19. The molecule has 1 aromatic heterocycles. The molecule has 3 aromatic rings. The Morgan fingerprint density at radius 3 is 2.67 bits per heavy atom. The van der Waals surface area contributed by atoms with Gasteiger partial charge in [-0.1, -0.05) is 61.6 Å². The molecule has 2 aromatic carbocycles. The molecule has 0 aliphatic rings. The van der Waals surface area contributed by atoms with E-state index >= 15 is 0 Å². The number of fused-ring (bicyclic) bond motifs is 1. The van der Waals surface area contributed by atoms with Gasteiger partial charge in [0.2, 0.25) is 0 Å². The Labute approximate surface area is 125 Å². The zero-order valence-electron chi connectivity index (χ0n) is 12.2. The number of benzene rings is 2. The van der Waals surface area contributed by atoms with Crippen LogP contribution < -0.4 is 0 Å². The van der Waals surface area contributed by atoms with Crippen molar-refractivity contribution in [3.63, 3.8) is 0 Å². The highest BCUT2D eigenvalue weighted by molar-refractivity contribution is 5.88. The van der Waals surface area contributed by atoms with Crippen molar-refractivity contribution in [2.24, 2.45) is 0 Å². The predicted octanol–water partition coefficient (Wildman–Crippen LogP) is 5.64. The van der Waals surface area contributed by atoms with Crippen molar-refractivity contribution in [3.8, 4) is 23.2 Å². The van der Waals surface area contributed by atoms with Gasteiger partial charge in [-0.2, -0.15) is 0 Å². The molecule has 0 fully saturated rings. The highest BCUT2D eigenvalue weighted by atomic mass is 16.3. The molecular weight excluding hydrogens is 256 g/mol. The second-order valence-electron chi connectivity index (χ2n) is 5.10. The SMILES string of the molecule is CCCCC#Cc1cccc2oc(-c3ccccc3)cc12. The minimum Gasteiger partial charge on any atom is -0.456 e. The molecule has 0 aliphatic carbocycles. The first-order valence-electron chi connectivity index (χ1n) is 7.45. The maximum Gasteiger partial charge on any atom is 0.136 e. The summed E-state index contributed by atoms with van der Waals surface area (Å²) in [4.78, 5) is 0. The van der Waals surface area contributed by atoms with Gasteiger partial charge in [-0.25, -0.2) is 0 Å². The quantitative estimate of drug-likeness (QED) is 0.445. The number of unbranched alkanes of at least 4 members (excludes halogenated alkanes) is 2. The van der Waals surface area contributed by atoms with E-state index in [1.165, 1.54) is 6.42 Å². The number of rotatable bonds is 3. The van der Waals surface area contributed by atoms with Crippen LogP contribution >= 0.6 is 0 Å². The fourth-order valence-electron chi connectivity index (χ4n) is 2.34. The van der Waals surface area contributed by atoms with E-state index < -0.39 is 0 Å². The van der Waals surface area contributed by atoms with E-state index in [1.807, 2.05) is 30.3 Å². The molecule has 0 atom stereocenters. The van der Waals surface area contributed by atoms with Gasteiger partial charge in [0.15, 0.2) is 0 Å². The molecule has 1 heteroatoms. The van der Waals surface area contributed by atoms with Gasteiger partial charge >= 0.3 is 0 Å². The molecule has 3 rings (SSSR count). The smallest absolute Gasteiger partial charge is 0.136 e. The summed E-state index contributed by atoms with van der Waals surface area (Å²) in [5.41, 5.74) is 3.05. The zero-order valence-corrected chi connectivity index (χ0v) is 12.2. The lowest BCUT2D eigenvalue weighted by molar-refractivity contribution is 0.631. The molecule has 0 N–H and O–H groups in total. The minimum atomic E-state index is 0.897. The molecule has 0 radical (unpaired) electrons. The maximum absolute atomic E-state index is 5.95. The number of hydrogen-bond donors (Lipinski definition) is 0. The molecule has 21 heavy (non-hydrogen) atoms. The van der Waals surface area contributed by atoms with Gasteiger partial charge in [-0.05, 0) is 24.6 Å². The van der Waals surface area contributed by atoms with Crippen molar-refractivity contribution >= 4 is 11.0 Å². The summed E-state index contributed by atoms with van der Waals surface area (Å²) in [6.07, 6.45) is 3.29. The monoisotopic (exact) mass is 274 g/mol. The second kappa shape index (κ2) is 6.33. The van der Waals surface area contributed by atoms with E-state index in [0.29, 0.717) is 0 Å². The molecule has 0 saturated heterocycles. The molecular formula is C20H18O. The van der Waals surface area contributed by atoms with Crippen molar-refractivity contribution in [2.75, 3.05) is 0 Å². The fourth-order valence-corrected chi connectivity index (χ4v) is 2.34. The Morgan fingerprint density at radius 1 is 1.00 bits per heavy atom. The molecule has 0 aliphatic heterocycles. The molecule has 0 saturated carbocycles. The minimum absolute atomic E-state index is 0.897. The molecule has 104 valence electrons. The third-order valence-corrected chi connectivity index (χ3v) is 3.50. The van der Waals surface area contributed by atoms with Gasteiger partial charge in [-0.15, -0.1) is 0 Å². The van der Waals surface area contributed by atoms with Crippen LogP contribution in [-0.2, 0) is 0 Å². The summed E-state index contributed by atoms with van der Waals surface area (Å²) in [7, 11) is 0. The molecule has 0 bridgehead atoms. The van der Waals surface area contributed by atoms with Gasteiger partial charge < -0.3 is 4.42 Å². The highest BCUT2D eigenvalue weighted by Gasteiger charge is 2.07. The van der Waals surface area contributed by atoms with Crippen LogP contribution in [0.15, 0.2) is 59.0 Å². The van der Waals surface area contributed by atoms with E-state index in [2.05, 4.69) is 43.0 Å². The van der Waals surface area contributed by atoms with E-state index in [4.69, 9.17) is 4.42 Å². The van der Waals surface area contributed by atoms with Crippen molar-refractivity contribution in [2.45, 2.75) is 26.2 Å². The summed E-state index contributed by atoms with van der Waals surface area (Å²) in [6, 6.07) is 18.3. The Morgan fingerprint density at radius 2 is 1.86 bits per heavy atom. The van der Waals surface area contributed by atoms with Crippen LogP contribution in [0.5, 0.6) is 0 Å². The zero-order chi connectivity index (χ0) is 14.5. The molecule has 1 nitrogen and oxygen atoms in total. The van der Waals surface area contributed by atoms with Crippen LogP contribution in [-0.4, -0.2) is 0 Å². The van der Waals surface area contributed by atoms with Crippen molar-refractivity contribution < 1.29 is 4.42 Å². The average molecular weight is 274 g/mol. The van der Waals surface area contributed by atoms with Gasteiger partial charge in [0.25, 0.3) is 0 Å². The summed E-state index contributed by atoms with van der Waals surface area (Å²) < 4.78 is 5.95. The second-order valence-corrected chi connectivity index (χ2v) is 5.10.